The molecule has 2 aromatic rings. The summed E-state index contributed by atoms with van der Waals surface area (Å²) < 4.78 is 36.3. The van der Waals surface area contributed by atoms with Crippen LogP contribution in [0, 0.1) is 6.92 Å². The van der Waals surface area contributed by atoms with E-state index in [1.807, 2.05) is 13.0 Å². The molecule has 0 aromatic heterocycles. The van der Waals surface area contributed by atoms with Crippen LogP contribution in [0.1, 0.15) is 23.6 Å². The maximum Gasteiger partial charge on any atom is 0.226 e. The molecule has 1 amide bonds. The second kappa shape index (κ2) is 8.88. The molecule has 1 unspecified atom stereocenters. The van der Waals surface area contributed by atoms with Gasteiger partial charge in [0.15, 0.2) is 0 Å². The number of methoxy groups -OCH3 is 2. The van der Waals surface area contributed by atoms with Crippen LogP contribution in [0.4, 0.5) is 5.69 Å². The summed E-state index contributed by atoms with van der Waals surface area (Å²) in [5.41, 5.74) is 2.16. The molecule has 2 rings (SSSR count). The Bertz CT molecular complexity index is 895. The zero-order chi connectivity index (χ0) is 20.0. The Hall–Kier alpha value is -2.58. The van der Waals surface area contributed by atoms with Gasteiger partial charge in [-0.25, -0.2) is 13.1 Å². The van der Waals surface area contributed by atoms with Crippen molar-refractivity contribution in [3.8, 4) is 11.5 Å². The second-order valence-electron chi connectivity index (χ2n) is 6.17. The smallest absolute Gasteiger partial charge is 0.226 e. The van der Waals surface area contributed by atoms with E-state index < -0.39 is 16.1 Å². The lowest BCUT2D eigenvalue weighted by Gasteiger charge is -2.19. The van der Waals surface area contributed by atoms with Gasteiger partial charge in [-0.05, 0) is 42.3 Å². The molecule has 7 nitrogen and oxygen atoms in total. The normalized spacial score (nSPS) is 12.3. The molecule has 146 valence electrons. The maximum atomic E-state index is 12.6. The zero-order valence-electron chi connectivity index (χ0n) is 15.8. The molecule has 0 spiro atoms. The minimum absolute atomic E-state index is 0.0729. The van der Waals surface area contributed by atoms with E-state index in [0.29, 0.717) is 22.7 Å². The van der Waals surface area contributed by atoms with Crippen molar-refractivity contribution in [3.63, 3.8) is 0 Å². The van der Waals surface area contributed by atoms with E-state index in [4.69, 9.17) is 9.47 Å². The summed E-state index contributed by atoms with van der Waals surface area (Å²) in [4.78, 5) is 12.6. The predicted molar refractivity (Wildman–Crippen MR) is 105 cm³/mol. The number of nitrogens with one attached hydrogen (secondary N) is 2. The van der Waals surface area contributed by atoms with Crippen molar-refractivity contribution < 1.29 is 22.7 Å². The fourth-order valence-corrected chi connectivity index (χ4v) is 3.36. The van der Waals surface area contributed by atoms with E-state index in [2.05, 4.69) is 10.0 Å². The molecular formula is C19H24N2O5S. The van der Waals surface area contributed by atoms with Crippen molar-refractivity contribution in [2.45, 2.75) is 19.4 Å². The minimum atomic E-state index is -3.51. The summed E-state index contributed by atoms with van der Waals surface area (Å²) in [5.74, 6) is 0.840. The second-order valence-corrected chi connectivity index (χ2v) is 7.95. The van der Waals surface area contributed by atoms with Crippen LogP contribution in [-0.2, 0) is 14.8 Å². The third-order valence-electron chi connectivity index (χ3n) is 3.89. The topological polar surface area (TPSA) is 93.7 Å². The molecule has 27 heavy (non-hydrogen) atoms. The van der Waals surface area contributed by atoms with E-state index in [0.717, 1.165) is 11.8 Å². The minimum Gasteiger partial charge on any atom is -0.497 e. The summed E-state index contributed by atoms with van der Waals surface area (Å²) >= 11 is 0. The lowest BCUT2D eigenvalue weighted by atomic mass is 10.0. The number of benzene rings is 2. The Kier molecular flexibility index (Phi) is 6.81. The first-order valence-corrected chi connectivity index (χ1v) is 10.2. The van der Waals surface area contributed by atoms with Crippen LogP contribution in [0.25, 0.3) is 0 Å². The third-order valence-corrected chi connectivity index (χ3v) is 4.61. The lowest BCUT2D eigenvalue weighted by molar-refractivity contribution is -0.116. The van der Waals surface area contributed by atoms with E-state index in [1.165, 1.54) is 7.11 Å². The quantitative estimate of drug-likeness (QED) is 0.720. The number of anilines is 1. The number of aryl methyl sites for hydroxylation is 1. The first-order chi connectivity index (χ1) is 12.7. The van der Waals surface area contributed by atoms with Gasteiger partial charge in [0.1, 0.15) is 11.5 Å². The molecule has 0 saturated heterocycles. The number of rotatable bonds is 8. The summed E-state index contributed by atoms with van der Waals surface area (Å²) in [6.07, 6.45) is 0.988. The van der Waals surface area contributed by atoms with E-state index in [1.54, 1.807) is 43.5 Å². The Morgan fingerprint density at radius 1 is 1.07 bits per heavy atom. The largest absolute Gasteiger partial charge is 0.497 e. The zero-order valence-corrected chi connectivity index (χ0v) is 16.6. The molecule has 8 heteroatoms. The highest BCUT2D eigenvalue weighted by molar-refractivity contribution is 7.88. The number of sulfonamides is 1. The number of carbonyl (C=O) groups excluding carboxylic acids is 1. The number of carbonyl (C=O) groups is 1. The van der Waals surface area contributed by atoms with Crippen molar-refractivity contribution in [2.24, 2.45) is 0 Å². The fourth-order valence-electron chi connectivity index (χ4n) is 2.63. The van der Waals surface area contributed by atoms with Crippen LogP contribution in [0.3, 0.4) is 0 Å². The lowest BCUT2D eigenvalue weighted by Crippen LogP contribution is -2.30. The first kappa shape index (κ1) is 20.7. The average Bonchev–Trinajstić information content (AvgIpc) is 2.60. The maximum absolute atomic E-state index is 12.6. The van der Waals surface area contributed by atoms with Crippen molar-refractivity contribution in [2.75, 3.05) is 25.8 Å². The number of hydrogen-bond donors (Lipinski definition) is 2. The van der Waals surface area contributed by atoms with Gasteiger partial charge in [0.25, 0.3) is 0 Å². The van der Waals surface area contributed by atoms with Gasteiger partial charge in [-0.3, -0.25) is 4.79 Å². The molecule has 2 aromatic carbocycles. The van der Waals surface area contributed by atoms with Crippen molar-refractivity contribution in [1.82, 2.24) is 4.72 Å². The Labute approximate surface area is 159 Å². The molecule has 1 atom stereocenters. The molecule has 0 aliphatic rings. The van der Waals surface area contributed by atoms with Gasteiger partial charge in [-0.15, -0.1) is 0 Å². The van der Waals surface area contributed by atoms with Gasteiger partial charge in [0, 0.05) is 6.42 Å². The Balaban J connectivity index is 2.21. The highest BCUT2D eigenvalue weighted by Gasteiger charge is 2.20. The van der Waals surface area contributed by atoms with Gasteiger partial charge in [-0.1, -0.05) is 18.2 Å². The van der Waals surface area contributed by atoms with E-state index in [-0.39, 0.29) is 12.3 Å². The molecule has 0 bridgehead atoms. The number of ether oxygens (including phenoxy) is 2. The Morgan fingerprint density at radius 3 is 2.30 bits per heavy atom. The average molecular weight is 392 g/mol. The van der Waals surface area contributed by atoms with Gasteiger partial charge >= 0.3 is 0 Å². The predicted octanol–water partition coefficient (Wildman–Crippen LogP) is 2.63. The monoisotopic (exact) mass is 392 g/mol. The molecule has 0 aliphatic carbocycles. The van der Waals surface area contributed by atoms with Crippen molar-refractivity contribution in [1.29, 1.82) is 0 Å². The first-order valence-electron chi connectivity index (χ1n) is 8.27. The third kappa shape index (κ3) is 6.26. The molecule has 0 saturated carbocycles. The number of hydrogen-bond acceptors (Lipinski definition) is 5. The van der Waals surface area contributed by atoms with Gasteiger partial charge in [0.2, 0.25) is 15.9 Å². The highest BCUT2D eigenvalue weighted by Crippen LogP contribution is 2.27. The van der Waals surface area contributed by atoms with E-state index in [9.17, 15) is 13.2 Å². The molecule has 0 fully saturated rings. The van der Waals surface area contributed by atoms with Gasteiger partial charge in [-0.2, -0.15) is 0 Å². The summed E-state index contributed by atoms with van der Waals surface area (Å²) in [6, 6.07) is 11.6. The molecule has 0 radical (unpaired) electrons. The summed E-state index contributed by atoms with van der Waals surface area (Å²) in [5, 5.41) is 2.79. The summed E-state index contributed by atoms with van der Waals surface area (Å²) in [6.45, 7) is 1.90. The standard InChI is InChI=1S/C19H24N2O5S/c1-13-5-10-18(26-3)17(11-13)20-19(22)12-16(21-27(4,23)24)14-6-8-15(25-2)9-7-14/h5-11,16,21H,12H2,1-4H3,(H,20,22). The van der Waals surface area contributed by atoms with E-state index >= 15 is 0 Å². The van der Waals surface area contributed by atoms with Crippen molar-refractivity contribution in [3.05, 3.63) is 53.6 Å². The van der Waals surface area contributed by atoms with Crippen LogP contribution in [0.2, 0.25) is 0 Å². The van der Waals surface area contributed by atoms with Crippen LogP contribution < -0.4 is 19.5 Å². The van der Waals surface area contributed by atoms with Crippen LogP contribution >= 0.6 is 0 Å². The van der Waals surface area contributed by atoms with Crippen LogP contribution in [0.5, 0.6) is 11.5 Å². The Morgan fingerprint density at radius 2 is 1.74 bits per heavy atom. The van der Waals surface area contributed by atoms with Crippen LogP contribution in [-0.4, -0.2) is 34.8 Å². The molecule has 0 aliphatic heterocycles. The SMILES string of the molecule is COc1ccc(C(CC(=O)Nc2cc(C)ccc2OC)NS(C)(=O)=O)cc1. The highest BCUT2D eigenvalue weighted by atomic mass is 32.2. The number of amides is 1. The van der Waals surface area contributed by atoms with Crippen molar-refractivity contribution >= 4 is 21.6 Å². The van der Waals surface area contributed by atoms with Crippen LogP contribution in [0.15, 0.2) is 42.5 Å². The van der Waals surface area contributed by atoms with Gasteiger partial charge in [0.05, 0.1) is 32.2 Å². The molecular weight excluding hydrogens is 368 g/mol. The summed E-state index contributed by atoms with van der Waals surface area (Å²) in [7, 11) is -0.446. The molecule has 0 heterocycles. The molecule has 2 N–H and O–H groups in total. The van der Waals surface area contributed by atoms with Gasteiger partial charge < -0.3 is 14.8 Å². The fraction of sp³-hybridized carbons (Fsp3) is 0.316.